The molecular weight excluding hydrogens is 78.1 g/mol. The average molecular weight is 83.1 g/mol. The minimum absolute atomic E-state index is 0.337. The van der Waals surface area contributed by atoms with Crippen molar-refractivity contribution in [3.05, 3.63) is 0 Å². The van der Waals surface area contributed by atoms with Crippen LogP contribution in [0, 0.1) is 17.9 Å². The lowest BCUT2D eigenvalue weighted by molar-refractivity contribution is 0.742. The molecule has 0 saturated heterocycles. The summed E-state index contributed by atoms with van der Waals surface area (Å²) in [4.78, 5) is 0. The van der Waals surface area contributed by atoms with Crippen molar-refractivity contribution in [2.24, 2.45) is 5.22 Å². The van der Waals surface area contributed by atoms with Crippen molar-refractivity contribution in [1.82, 2.24) is 5.43 Å². The van der Waals surface area contributed by atoms with Crippen molar-refractivity contribution >= 4 is 0 Å². The molecule has 0 saturated carbocycles. The number of nitrogens with zero attached hydrogens (tertiary/aromatic N) is 1. The fraction of sp³-hybridized carbons (Fsp3) is 0.333. The smallest absolute Gasteiger partial charge is 0.0952 e. The Balaban J connectivity index is 2.72. The van der Waals surface area contributed by atoms with Crippen molar-refractivity contribution in [2.45, 2.75) is 0 Å². The molecule has 32 valence electrons. The van der Waals surface area contributed by atoms with Crippen LogP contribution in [0.2, 0.25) is 0 Å². The third-order valence-corrected chi connectivity index (χ3v) is 0.260. The average Bonchev–Trinajstić information content (AvgIpc) is 1.61. The predicted molar refractivity (Wildman–Crippen MR) is 22.0 cm³/mol. The quantitative estimate of drug-likeness (QED) is 0.212. The molecule has 3 heteroatoms. The summed E-state index contributed by atoms with van der Waals surface area (Å²) in [6.45, 7) is 0.337. The normalized spacial score (nSPS) is 5.83. The number of hydrogen-bond donors (Lipinski definition) is 2. The molecule has 0 aromatic heterocycles. The zero-order valence-electron chi connectivity index (χ0n) is 3.23. The van der Waals surface area contributed by atoms with Crippen LogP contribution in [0.25, 0.3) is 0 Å². The molecule has 2 N–H and O–H groups in total. The molecule has 0 aliphatic rings. The molecule has 0 spiro atoms. The predicted octanol–water partition coefficient (Wildman–Crippen LogP) is 0.155. The van der Waals surface area contributed by atoms with Gasteiger partial charge >= 0.3 is 0 Å². The van der Waals surface area contributed by atoms with E-state index < -0.39 is 0 Å². The monoisotopic (exact) mass is 83.0 g/mol. The maximum atomic E-state index is 6.12. The lowest BCUT2D eigenvalue weighted by atomic mass is 10.7. The van der Waals surface area contributed by atoms with Gasteiger partial charge in [-0.1, -0.05) is 11.1 Å². The first-order valence-corrected chi connectivity index (χ1v) is 1.44. The van der Waals surface area contributed by atoms with E-state index in [2.05, 4.69) is 16.6 Å². The van der Waals surface area contributed by atoms with Gasteiger partial charge in [-0.05, 0) is 0 Å². The fourth-order valence-corrected chi connectivity index (χ4v) is 0.0852. The molecule has 0 aliphatic heterocycles. The third-order valence-electron chi connectivity index (χ3n) is 0.260. The van der Waals surface area contributed by atoms with Crippen molar-refractivity contribution < 1.29 is 0 Å². The zero-order valence-corrected chi connectivity index (χ0v) is 3.23. The van der Waals surface area contributed by atoms with Crippen LogP contribution in [-0.2, 0) is 0 Å². The number of nitrogens with one attached hydrogen (secondary N) is 2. The van der Waals surface area contributed by atoms with Crippen LogP contribution in [-0.4, -0.2) is 6.54 Å². The lowest BCUT2D eigenvalue weighted by Crippen LogP contribution is -2.01. The Bertz CT molecular complexity index is 70.6. The highest BCUT2D eigenvalue weighted by Crippen LogP contribution is 1.48. The van der Waals surface area contributed by atoms with Crippen LogP contribution in [0.5, 0.6) is 0 Å². The molecule has 0 atom stereocenters. The highest BCUT2D eigenvalue weighted by molar-refractivity contribution is 4.85. The summed E-state index contributed by atoms with van der Waals surface area (Å²) in [7, 11) is 0. The van der Waals surface area contributed by atoms with Crippen molar-refractivity contribution in [3.63, 3.8) is 0 Å². The van der Waals surface area contributed by atoms with E-state index in [1.807, 2.05) is 0 Å². The highest BCUT2D eigenvalue weighted by atomic mass is 15.4. The first-order valence-electron chi connectivity index (χ1n) is 1.44. The Morgan fingerprint density at radius 3 is 2.83 bits per heavy atom. The fourth-order valence-electron chi connectivity index (χ4n) is 0.0852. The van der Waals surface area contributed by atoms with E-state index in [-0.39, 0.29) is 0 Å². The molecule has 0 rings (SSSR count). The highest BCUT2D eigenvalue weighted by Gasteiger charge is 1.61. The summed E-state index contributed by atoms with van der Waals surface area (Å²) in [5, 5.41) is 2.78. The molecule has 3 nitrogen and oxygen atoms in total. The zero-order chi connectivity index (χ0) is 4.83. The van der Waals surface area contributed by atoms with Gasteiger partial charge in [-0.3, -0.25) is 5.43 Å². The number of rotatable bonds is 2. The second-order valence-corrected chi connectivity index (χ2v) is 0.651. The number of hydrogen-bond acceptors (Lipinski definition) is 2. The molecule has 0 bridgehead atoms. The summed E-state index contributed by atoms with van der Waals surface area (Å²) in [6, 6.07) is 0. The summed E-state index contributed by atoms with van der Waals surface area (Å²) in [6.07, 6.45) is 4.76. The van der Waals surface area contributed by atoms with Gasteiger partial charge in [-0.15, -0.1) is 6.42 Å². The van der Waals surface area contributed by atoms with E-state index in [1.165, 1.54) is 0 Å². The molecule has 0 aromatic rings. The Morgan fingerprint density at radius 1 is 2.00 bits per heavy atom. The van der Waals surface area contributed by atoms with Crippen LogP contribution in [0.4, 0.5) is 0 Å². The summed E-state index contributed by atoms with van der Waals surface area (Å²) in [5.41, 5.74) is 8.38. The molecule has 0 aromatic carbocycles. The first kappa shape index (κ1) is 4.96. The third kappa shape index (κ3) is 2.96. The van der Waals surface area contributed by atoms with Crippen molar-refractivity contribution in [1.29, 1.82) is 5.53 Å². The van der Waals surface area contributed by atoms with E-state index >= 15 is 0 Å². The molecule has 0 radical (unpaired) electrons. The standard InChI is InChI=1S/C3H5N3/c1-2-3-5-6-4/h1H,3H2,(H2,4,5). The van der Waals surface area contributed by atoms with Crippen molar-refractivity contribution in [2.75, 3.05) is 6.54 Å². The Kier molecular flexibility index (Phi) is 3.27. The second kappa shape index (κ2) is 3.96. The van der Waals surface area contributed by atoms with Crippen LogP contribution in [0.3, 0.4) is 0 Å². The number of terminal acetylenes is 1. The Hall–Kier alpha value is -1.04. The Labute approximate surface area is 36.2 Å². The summed E-state index contributed by atoms with van der Waals surface area (Å²) >= 11 is 0. The van der Waals surface area contributed by atoms with E-state index in [4.69, 9.17) is 12.0 Å². The van der Waals surface area contributed by atoms with E-state index in [1.54, 1.807) is 0 Å². The maximum absolute atomic E-state index is 6.12. The van der Waals surface area contributed by atoms with Gasteiger partial charge in [-0.25, -0.2) is 0 Å². The van der Waals surface area contributed by atoms with Crippen LogP contribution < -0.4 is 5.43 Å². The van der Waals surface area contributed by atoms with Gasteiger partial charge in [0.2, 0.25) is 0 Å². The van der Waals surface area contributed by atoms with Crippen LogP contribution >= 0.6 is 0 Å². The van der Waals surface area contributed by atoms with Gasteiger partial charge < -0.3 is 0 Å². The summed E-state index contributed by atoms with van der Waals surface area (Å²) in [5.74, 6) is 2.24. The first-order chi connectivity index (χ1) is 2.91. The minimum Gasteiger partial charge on any atom is -0.280 e. The molecule has 0 heterocycles. The van der Waals surface area contributed by atoms with E-state index in [0.717, 1.165) is 0 Å². The molecule has 0 aliphatic carbocycles. The van der Waals surface area contributed by atoms with Gasteiger partial charge in [0.1, 0.15) is 0 Å². The van der Waals surface area contributed by atoms with E-state index in [9.17, 15) is 0 Å². The Morgan fingerprint density at radius 2 is 2.67 bits per heavy atom. The molecule has 6 heavy (non-hydrogen) atoms. The largest absolute Gasteiger partial charge is 0.280 e. The lowest BCUT2D eigenvalue weighted by Gasteiger charge is -1.80. The summed E-state index contributed by atoms with van der Waals surface area (Å²) < 4.78 is 0. The molecule has 0 amide bonds. The minimum atomic E-state index is 0.337. The van der Waals surface area contributed by atoms with Gasteiger partial charge in [0.15, 0.2) is 0 Å². The van der Waals surface area contributed by atoms with Gasteiger partial charge in [0.05, 0.1) is 6.54 Å². The van der Waals surface area contributed by atoms with Gasteiger partial charge in [0.25, 0.3) is 0 Å². The molecule has 0 unspecified atom stereocenters. The second-order valence-electron chi connectivity index (χ2n) is 0.651. The van der Waals surface area contributed by atoms with Crippen LogP contribution in [0.15, 0.2) is 5.22 Å². The molecule has 0 fully saturated rings. The topological polar surface area (TPSA) is 48.2 Å². The van der Waals surface area contributed by atoms with Gasteiger partial charge in [-0.2, -0.15) is 5.53 Å². The van der Waals surface area contributed by atoms with Gasteiger partial charge in [0, 0.05) is 0 Å². The SMILES string of the molecule is C#CCNN=N. The molecular formula is C3H5N3. The maximum Gasteiger partial charge on any atom is 0.0952 e. The van der Waals surface area contributed by atoms with Crippen molar-refractivity contribution in [3.8, 4) is 12.3 Å². The van der Waals surface area contributed by atoms with E-state index in [0.29, 0.717) is 6.54 Å². The van der Waals surface area contributed by atoms with Crippen LogP contribution in [0.1, 0.15) is 0 Å².